The maximum atomic E-state index is 5.80. The summed E-state index contributed by atoms with van der Waals surface area (Å²) in [6.45, 7) is 5.05. The van der Waals surface area contributed by atoms with Crippen molar-refractivity contribution >= 4 is 11.7 Å². The Bertz CT molecular complexity index is 608. The molecule has 106 valence electrons. The Kier molecular flexibility index (Phi) is 3.44. The van der Waals surface area contributed by atoms with Crippen molar-refractivity contribution in [2.24, 2.45) is 0 Å². The van der Waals surface area contributed by atoms with E-state index in [0.29, 0.717) is 11.9 Å². The van der Waals surface area contributed by atoms with Crippen LogP contribution < -0.4 is 10.2 Å². The number of anilines is 2. The molecule has 0 saturated heterocycles. The summed E-state index contributed by atoms with van der Waals surface area (Å²) in [5.41, 5.74) is 3.84. The second kappa shape index (κ2) is 5.25. The molecule has 0 spiro atoms. The number of benzene rings is 1. The van der Waals surface area contributed by atoms with Gasteiger partial charge in [0.05, 0.1) is 6.04 Å². The third kappa shape index (κ3) is 2.29. The molecular weight excluding hydrogens is 252 g/mol. The third-order valence-electron chi connectivity index (χ3n) is 3.82. The highest BCUT2D eigenvalue weighted by Gasteiger charge is 2.23. The average Bonchev–Trinajstić information content (AvgIpc) is 2.95. The molecule has 1 N–H and O–H groups in total. The van der Waals surface area contributed by atoms with Crippen molar-refractivity contribution in [3.8, 4) is 0 Å². The van der Waals surface area contributed by atoms with E-state index in [1.54, 1.807) is 0 Å². The van der Waals surface area contributed by atoms with E-state index in [1.165, 1.54) is 16.8 Å². The van der Waals surface area contributed by atoms with Gasteiger partial charge < -0.3 is 9.73 Å². The van der Waals surface area contributed by atoms with E-state index in [-0.39, 0.29) is 6.04 Å². The number of rotatable bonds is 3. The fourth-order valence-electron chi connectivity index (χ4n) is 2.56. The molecule has 1 atom stereocenters. The van der Waals surface area contributed by atoms with E-state index in [0.717, 1.165) is 19.4 Å². The molecule has 2 heterocycles. The molecule has 1 aromatic heterocycles. The zero-order chi connectivity index (χ0) is 14.1. The standard InChI is InChI=1S/C15H20N4O/c1-10-6-7-13-12(9-10)5-4-8-19(13)15-18-17-14(20-15)11(2)16-3/h6-7,9,11,16H,4-5,8H2,1-3H3. The number of aromatic nitrogens is 2. The molecule has 1 unspecified atom stereocenters. The van der Waals surface area contributed by atoms with Gasteiger partial charge in [-0.3, -0.25) is 4.90 Å². The van der Waals surface area contributed by atoms with Crippen molar-refractivity contribution in [2.75, 3.05) is 18.5 Å². The second-order valence-electron chi connectivity index (χ2n) is 5.32. The Balaban J connectivity index is 1.94. The first-order chi connectivity index (χ1) is 9.69. The molecule has 0 fully saturated rings. The van der Waals surface area contributed by atoms with Gasteiger partial charge >= 0.3 is 6.01 Å². The molecule has 5 nitrogen and oxygen atoms in total. The molecular formula is C15H20N4O. The molecule has 1 aromatic carbocycles. The number of fused-ring (bicyclic) bond motifs is 1. The van der Waals surface area contributed by atoms with Gasteiger partial charge in [-0.2, -0.15) is 0 Å². The fourth-order valence-corrected chi connectivity index (χ4v) is 2.56. The highest BCUT2D eigenvalue weighted by atomic mass is 16.4. The first-order valence-corrected chi connectivity index (χ1v) is 7.07. The smallest absolute Gasteiger partial charge is 0.322 e. The van der Waals surface area contributed by atoms with Gasteiger partial charge in [-0.05, 0) is 45.4 Å². The van der Waals surface area contributed by atoms with Crippen molar-refractivity contribution in [3.05, 3.63) is 35.2 Å². The molecule has 1 aliphatic rings. The van der Waals surface area contributed by atoms with Crippen molar-refractivity contribution in [1.29, 1.82) is 0 Å². The lowest BCUT2D eigenvalue weighted by Gasteiger charge is -2.27. The summed E-state index contributed by atoms with van der Waals surface area (Å²) in [4.78, 5) is 2.12. The lowest BCUT2D eigenvalue weighted by atomic mass is 10.00. The third-order valence-corrected chi connectivity index (χ3v) is 3.82. The minimum atomic E-state index is 0.0681. The topological polar surface area (TPSA) is 54.2 Å². The lowest BCUT2D eigenvalue weighted by molar-refractivity contribution is 0.433. The van der Waals surface area contributed by atoms with Gasteiger partial charge in [-0.25, -0.2) is 0 Å². The Hall–Kier alpha value is -1.88. The van der Waals surface area contributed by atoms with E-state index in [1.807, 2.05) is 14.0 Å². The summed E-state index contributed by atoms with van der Waals surface area (Å²) < 4.78 is 5.80. The van der Waals surface area contributed by atoms with E-state index in [2.05, 4.69) is 45.5 Å². The van der Waals surface area contributed by atoms with Gasteiger partial charge in [0.2, 0.25) is 5.89 Å². The molecule has 5 heteroatoms. The maximum Gasteiger partial charge on any atom is 0.322 e. The Morgan fingerprint density at radius 3 is 3.00 bits per heavy atom. The summed E-state index contributed by atoms with van der Waals surface area (Å²) in [5, 5.41) is 11.4. The van der Waals surface area contributed by atoms with Gasteiger partial charge in [0.15, 0.2) is 0 Å². The van der Waals surface area contributed by atoms with E-state index in [9.17, 15) is 0 Å². The minimum absolute atomic E-state index is 0.0681. The van der Waals surface area contributed by atoms with Crippen LogP contribution in [0.5, 0.6) is 0 Å². The number of nitrogens with zero attached hydrogens (tertiary/aromatic N) is 3. The number of nitrogens with one attached hydrogen (secondary N) is 1. The first-order valence-electron chi connectivity index (χ1n) is 7.07. The second-order valence-corrected chi connectivity index (χ2v) is 5.32. The largest absolute Gasteiger partial charge is 0.406 e. The van der Waals surface area contributed by atoms with Gasteiger partial charge in [0, 0.05) is 12.2 Å². The molecule has 0 radical (unpaired) electrons. The molecule has 2 aromatic rings. The Morgan fingerprint density at radius 1 is 1.35 bits per heavy atom. The first kappa shape index (κ1) is 13.1. The van der Waals surface area contributed by atoms with Crippen LogP contribution in [0.1, 0.15) is 36.4 Å². The molecule has 1 aliphatic heterocycles. The van der Waals surface area contributed by atoms with E-state index < -0.39 is 0 Å². The lowest BCUT2D eigenvalue weighted by Crippen LogP contribution is -2.24. The Labute approximate surface area is 119 Å². The van der Waals surface area contributed by atoms with Crippen molar-refractivity contribution in [1.82, 2.24) is 15.5 Å². The summed E-state index contributed by atoms with van der Waals surface area (Å²) in [7, 11) is 1.88. The van der Waals surface area contributed by atoms with Crippen LogP contribution in [-0.4, -0.2) is 23.8 Å². The van der Waals surface area contributed by atoms with Crippen LogP contribution in [0.3, 0.4) is 0 Å². The number of aryl methyl sites for hydroxylation is 2. The molecule has 0 saturated carbocycles. The minimum Gasteiger partial charge on any atom is -0.406 e. The van der Waals surface area contributed by atoms with Gasteiger partial charge in [-0.15, -0.1) is 5.10 Å². The average molecular weight is 272 g/mol. The zero-order valence-electron chi connectivity index (χ0n) is 12.2. The molecule has 0 amide bonds. The van der Waals surface area contributed by atoms with Crippen LogP contribution >= 0.6 is 0 Å². The zero-order valence-corrected chi connectivity index (χ0v) is 12.2. The van der Waals surface area contributed by atoms with Crippen LogP contribution in [0.2, 0.25) is 0 Å². The quantitative estimate of drug-likeness (QED) is 0.931. The summed E-state index contributed by atoms with van der Waals surface area (Å²) >= 11 is 0. The summed E-state index contributed by atoms with van der Waals surface area (Å²) in [6.07, 6.45) is 2.22. The molecule has 0 bridgehead atoms. The SMILES string of the molecule is CNC(C)c1nnc(N2CCCc3cc(C)ccc32)o1. The maximum absolute atomic E-state index is 5.80. The normalized spacial score (nSPS) is 16.1. The number of hydrogen-bond donors (Lipinski definition) is 1. The van der Waals surface area contributed by atoms with Crippen molar-refractivity contribution in [3.63, 3.8) is 0 Å². The fraction of sp³-hybridized carbons (Fsp3) is 0.467. The van der Waals surface area contributed by atoms with Crippen LogP contribution in [-0.2, 0) is 6.42 Å². The van der Waals surface area contributed by atoms with Crippen LogP contribution in [0, 0.1) is 6.92 Å². The highest BCUT2D eigenvalue weighted by molar-refractivity contribution is 5.63. The molecule has 3 rings (SSSR count). The van der Waals surface area contributed by atoms with Crippen molar-refractivity contribution in [2.45, 2.75) is 32.7 Å². The molecule has 0 aliphatic carbocycles. The van der Waals surface area contributed by atoms with E-state index >= 15 is 0 Å². The van der Waals surface area contributed by atoms with E-state index in [4.69, 9.17) is 4.42 Å². The monoisotopic (exact) mass is 272 g/mol. The summed E-state index contributed by atoms with van der Waals surface area (Å²) in [5.74, 6) is 0.627. The van der Waals surface area contributed by atoms with Crippen LogP contribution in [0.15, 0.2) is 22.6 Å². The van der Waals surface area contributed by atoms with Gasteiger partial charge in [0.25, 0.3) is 0 Å². The predicted molar refractivity (Wildman–Crippen MR) is 78.3 cm³/mol. The highest BCUT2D eigenvalue weighted by Crippen LogP contribution is 2.33. The van der Waals surface area contributed by atoms with Crippen LogP contribution in [0.25, 0.3) is 0 Å². The van der Waals surface area contributed by atoms with Gasteiger partial charge in [-0.1, -0.05) is 22.8 Å². The number of hydrogen-bond acceptors (Lipinski definition) is 5. The summed E-state index contributed by atoms with van der Waals surface area (Å²) in [6, 6.07) is 7.18. The van der Waals surface area contributed by atoms with Gasteiger partial charge in [0.1, 0.15) is 0 Å². The van der Waals surface area contributed by atoms with Crippen LogP contribution in [0.4, 0.5) is 11.7 Å². The predicted octanol–water partition coefficient (Wildman–Crippen LogP) is 2.74. The Morgan fingerprint density at radius 2 is 2.20 bits per heavy atom. The van der Waals surface area contributed by atoms with Crippen molar-refractivity contribution < 1.29 is 4.42 Å². The molecule has 20 heavy (non-hydrogen) atoms.